The zero-order valence-electron chi connectivity index (χ0n) is 12.4. The Kier molecular flexibility index (Phi) is 4.95. The van der Waals surface area contributed by atoms with Crippen LogP contribution in [0.2, 0.25) is 0 Å². The lowest BCUT2D eigenvalue weighted by atomic mass is 10.0. The van der Waals surface area contributed by atoms with E-state index in [0.717, 1.165) is 16.9 Å². The van der Waals surface area contributed by atoms with Crippen LogP contribution in [0.25, 0.3) is 0 Å². The van der Waals surface area contributed by atoms with E-state index in [1.54, 1.807) is 0 Å². The molecule has 2 aromatic carbocycles. The zero-order valence-corrected chi connectivity index (χ0v) is 12.4. The number of nitrogens with one attached hydrogen (secondary N) is 2. The molecule has 110 valence electrons. The number of hydrogen-bond donors (Lipinski definition) is 3. The van der Waals surface area contributed by atoms with Gasteiger partial charge < -0.3 is 16.4 Å². The van der Waals surface area contributed by atoms with Crippen molar-refractivity contribution in [3.05, 3.63) is 59.7 Å². The van der Waals surface area contributed by atoms with Crippen LogP contribution in [0.15, 0.2) is 48.5 Å². The molecule has 0 unspecified atom stereocenters. The summed E-state index contributed by atoms with van der Waals surface area (Å²) in [5.41, 5.74) is 9.31. The monoisotopic (exact) mass is 283 g/mol. The standard InChI is InChI=1S/C17H21N3O/c1-12(2)14-6-8-15(9-7-14)19-17(21)20-16-5-3-4-13(10-16)11-18/h3-10,12H,11,18H2,1-2H3,(H2,19,20,21). The van der Waals surface area contributed by atoms with E-state index in [2.05, 4.69) is 24.5 Å². The molecule has 2 amide bonds. The van der Waals surface area contributed by atoms with Crippen LogP contribution >= 0.6 is 0 Å². The molecule has 4 N–H and O–H groups in total. The normalized spacial score (nSPS) is 10.5. The molecule has 0 saturated heterocycles. The zero-order chi connectivity index (χ0) is 15.2. The van der Waals surface area contributed by atoms with Crippen LogP contribution in [0, 0.1) is 0 Å². The average molecular weight is 283 g/mol. The predicted molar refractivity (Wildman–Crippen MR) is 87.5 cm³/mol. The summed E-state index contributed by atoms with van der Waals surface area (Å²) >= 11 is 0. The number of rotatable bonds is 4. The largest absolute Gasteiger partial charge is 0.326 e. The molecule has 21 heavy (non-hydrogen) atoms. The van der Waals surface area contributed by atoms with Gasteiger partial charge in [-0.3, -0.25) is 0 Å². The molecule has 0 aromatic heterocycles. The van der Waals surface area contributed by atoms with Crippen molar-refractivity contribution in [2.24, 2.45) is 5.73 Å². The minimum absolute atomic E-state index is 0.263. The molecule has 4 nitrogen and oxygen atoms in total. The molecule has 0 bridgehead atoms. The second-order valence-corrected chi connectivity index (χ2v) is 5.26. The highest BCUT2D eigenvalue weighted by atomic mass is 16.2. The fourth-order valence-corrected chi connectivity index (χ4v) is 2.02. The van der Waals surface area contributed by atoms with Crippen LogP contribution in [0.1, 0.15) is 30.9 Å². The quantitative estimate of drug-likeness (QED) is 0.796. The summed E-state index contributed by atoms with van der Waals surface area (Å²) in [6.07, 6.45) is 0. The summed E-state index contributed by atoms with van der Waals surface area (Å²) in [4.78, 5) is 11.9. The van der Waals surface area contributed by atoms with Gasteiger partial charge >= 0.3 is 6.03 Å². The number of amides is 2. The van der Waals surface area contributed by atoms with E-state index in [4.69, 9.17) is 5.73 Å². The number of carbonyl (C=O) groups excluding carboxylic acids is 1. The molecular weight excluding hydrogens is 262 g/mol. The maximum atomic E-state index is 11.9. The smallest absolute Gasteiger partial charge is 0.323 e. The van der Waals surface area contributed by atoms with Gasteiger partial charge in [0.2, 0.25) is 0 Å². The third-order valence-corrected chi connectivity index (χ3v) is 3.26. The van der Waals surface area contributed by atoms with Gasteiger partial charge in [-0.05, 0) is 41.3 Å². The fourth-order valence-electron chi connectivity index (χ4n) is 2.02. The molecule has 0 aliphatic heterocycles. The lowest BCUT2D eigenvalue weighted by molar-refractivity contribution is 0.262. The van der Waals surface area contributed by atoms with E-state index in [0.29, 0.717) is 12.5 Å². The highest BCUT2D eigenvalue weighted by molar-refractivity contribution is 5.99. The summed E-state index contributed by atoms with van der Waals surface area (Å²) in [7, 11) is 0. The fraction of sp³-hybridized carbons (Fsp3) is 0.235. The molecule has 0 aliphatic carbocycles. The van der Waals surface area contributed by atoms with E-state index in [1.807, 2.05) is 48.5 Å². The molecular formula is C17H21N3O. The van der Waals surface area contributed by atoms with Crippen LogP contribution in [0.4, 0.5) is 16.2 Å². The molecule has 2 rings (SSSR count). The molecule has 0 aliphatic rings. The van der Waals surface area contributed by atoms with Crippen LogP contribution in [-0.2, 0) is 6.54 Å². The predicted octanol–water partition coefficient (Wildman–Crippen LogP) is 3.91. The molecule has 0 spiro atoms. The molecule has 0 atom stereocenters. The van der Waals surface area contributed by atoms with Crippen molar-refractivity contribution < 1.29 is 4.79 Å². The van der Waals surface area contributed by atoms with Crippen molar-refractivity contribution in [3.63, 3.8) is 0 Å². The maximum Gasteiger partial charge on any atom is 0.323 e. The van der Waals surface area contributed by atoms with Gasteiger partial charge in [-0.15, -0.1) is 0 Å². The van der Waals surface area contributed by atoms with Crippen LogP contribution in [-0.4, -0.2) is 6.03 Å². The second kappa shape index (κ2) is 6.90. The third kappa shape index (κ3) is 4.33. The lowest BCUT2D eigenvalue weighted by Crippen LogP contribution is -2.19. The summed E-state index contributed by atoms with van der Waals surface area (Å²) in [6.45, 7) is 4.73. The van der Waals surface area contributed by atoms with E-state index < -0.39 is 0 Å². The molecule has 0 heterocycles. The summed E-state index contributed by atoms with van der Waals surface area (Å²) in [5.74, 6) is 0.479. The second-order valence-electron chi connectivity index (χ2n) is 5.26. The van der Waals surface area contributed by atoms with E-state index >= 15 is 0 Å². The number of anilines is 2. The molecule has 0 saturated carbocycles. The molecule has 2 aromatic rings. The maximum absolute atomic E-state index is 11.9. The van der Waals surface area contributed by atoms with Gasteiger partial charge in [0, 0.05) is 17.9 Å². The summed E-state index contributed by atoms with van der Waals surface area (Å²) in [5, 5.41) is 5.61. The van der Waals surface area contributed by atoms with Crippen molar-refractivity contribution in [1.82, 2.24) is 0 Å². The van der Waals surface area contributed by atoms with Gasteiger partial charge in [0.05, 0.1) is 0 Å². The topological polar surface area (TPSA) is 67.2 Å². The summed E-state index contributed by atoms with van der Waals surface area (Å²) in [6, 6.07) is 15.1. The van der Waals surface area contributed by atoms with Crippen molar-refractivity contribution in [2.45, 2.75) is 26.3 Å². The number of benzene rings is 2. The Hall–Kier alpha value is -2.33. The van der Waals surface area contributed by atoms with Gasteiger partial charge in [0.1, 0.15) is 0 Å². The summed E-state index contributed by atoms with van der Waals surface area (Å²) < 4.78 is 0. The van der Waals surface area contributed by atoms with Gasteiger partial charge in [-0.1, -0.05) is 38.1 Å². The Bertz CT molecular complexity index is 606. The molecule has 0 radical (unpaired) electrons. The third-order valence-electron chi connectivity index (χ3n) is 3.26. The first-order valence-electron chi connectivity index (χ1n) is 7.05. The van der Waals surface area contributed by atoms with Gasteiger partial charge in [0.25, 0.3) is 0 Å². The Labute approximate surface area is 125 Å². The van der Waals surface area contributed by atoms with Gasteiger partial charge in [0.15, 0.2) is 0 Å². The first kappa shape index (κ1) is 15.1. The highest BCUT2D eigenvalue weighted by Crippen LogP contribution is 2.17. The van der Waals surface area contributed by atoms with Gasteiger partial charge in [-0.2, -0.15) is 0 Å². The van der Waals surface area contributed by atoms with Crippen molar-refractivity contribution in [2.75, 3.05) is 10.6 Å². The van der Waals surface area contributed by atoms with Crippen molar-refractivity contribution in [3.8, 4) is 0 Å². The van der Waals surface area contributed by atoms with Crippen molar-refractivity contribution >= 4 is 17.4 Å². The van der Waals surface area contributed by atoms with Crippen molar-refractivity contribution in [1.29, 1.82) is 0 Å². The Morgan fingerprint density at radius 1 is 1.05 bits per heavy atom. The Morgan fingerprint density at radius 3 is 2.33 bits per heavy atom. The minimum atomic E-state index is -0.263. The Balaban J connectivity index is 1.97. The Morgan fingerprint density at radius 2 is 1.71 bits per heavy atom. The van der Waals surface area contributed by atoms with E-state index in [9.17, 15) is 4.79 Å². The lowest BCUT2D eigenvalue weighted by Gasteiger charge is -2.10. The first-order valence-corrected chi connectivity index (χ1v) is 7.05. The number of urea groups is 1. The molecule has 0 fully saturated rings. The van der Waals surface area contributed by atoms with Crippen LogP contribution < -0.4 is 16.4 Å². The van der Waals surface area contributed by atoms with Gasteiger partial charge in [-0.25, -0.2) is 4.79 Å². The number of hydrogen-bond acceptors (Lipinski definition) is 2. The first-order chi connectivity index (χ1) is 10.1. The SMILES string of the molecule is CC(C)c1ccc(NC(=O)Nc2cccc(CN)c2)cc1. The van der Waals surface area contributed by atoms with Crippen LogP contribution in [0.5, 0.6) is 0 Å². The number of carbonyl (C=O) groups is 1. The minimum Gasteiger partial charge on any atom is -0.326 e. The van der Waals surface area contributed by atoms with Crippen LogP contribution in [0.3, 0.4) is 0 Å². The average Bonchev–Trinajstić information content (AvgIpc) is 2.47. The highest BCUT2D eigenvalue weighted by Gasteiger charge is 2.04. The van der Waals surface area contributed by atoms with E-state index in [-0.39, 0.29) is 6.03 Å². The molecule has 4 heteroatoms. The number of nitrogens with two attached hydrogens (primary N) is 1. The van der Waals surface area contributed by atoms with E-state index in [1.165, 1.54) is 5.56 Å².